The monoisotopic (exact) mass is 227 g/mol. The van der Waals surface area contributed by atoms with E-state index in [1.807, 2.05) is 6.08 Å². The van der Waals surface area contributed by atoms with Crippen LogP contribution in [0.25, 0.3) is 0 Å². The molecule has 0 aromatic rings. The maximum Gasteiger partial charge on any atom is 0.409 e. The molecular formula is C12H21NO3. The van der Waals surface area contributed by atoms with Crippen LogP contribution in [0.3, 0.4) is 0 Å². The second-order valence-electron chi connectivity index (χ2n) is 4.00. The minimum absolute atomic E-state index is 0.0935. The molecule has 4 heteroatoms. The molecule has 1 aliphatic rings. The number of nitrogens with zero attached hydrogens (tertiary/aromatic N) is 1. The fourth-order valence-electron chi connectivity index (χ4n) is 1.70. The summed E-state index contributed by atoms with van der Waals surface area (Å²) in [6.45, 7) is 4.09. The number of carbonyl (C=O) groups is 1. The number of likely N-dealkylation sites (tertiary alicyclic amines) is 1. The number of carbonyl (C=O) groups excluding carboxylic acids is 1. The Kier molecular flexibility index (Phi) is 5.93. The van der Waals surface area contributed by atoms with Gasteiger partial charge in [0.1, 0.15) is 0 Å². The molecule has 0 spiro atoms. The van der Waals surface area contributed by atoms with E-state index in [9.17, 15) is 4.79 Å². The number of aliphatic hydroxyl groups is 1. The maximum atomic E-state index is 11.6. The first-order chi connectivity index (χ1) is 7.77. The van der Waals surface area contributed by atoms with Crippen molar-refractivity contribution >= 4 is 6.09 Å². The van der Waals surface area contributed by atoms with Crippen LogP contribution < -0.4 is 0 Å². The highest BCUT2D eigenvalue weighted by atomic mass is 16.6. The summed E-state index contributed by atoms with van der Waals surface area (Å²) in [4.78, 5) is 13.3. The summed E-state index contributed by atoms with van der Waals surface area (Å²) in [5.41, 5.74) is 1.24. The van der Waals surface area contributed by atoms with Crippen molar-refractivity contribution in [1.29, 1.82) is 0 Å². The lowest BCUT2D eigenvalue weighted by Gasteiger charge is -2.27. The largest absolute Gasteiger partial charge is 0.449 e. The number of rotatable bonds is 4. The Labute approximate surface area is 96.9 Å². The standard InChI is InChI=1S/C12H21NO3/c1-2-3-10-16-12(15)13-7-4-11(5-8-13)6-9-14/h6,14H,2-5,7-10H2,1H3. The van der Waals surface area contributed by atoms with Gasteiger partial charge >= 0.3 is 6.09 Å². The van der Waals surface area contributed by atoms with Gasteiger partial charge in [-0.25, -0.2) is 4.79 Å². The molecule has 1 aliphatic heterocycles. The van der Waals surface area contributed by atoms with Gasteiger partial charge in [-0.3, -0.25) is 0 Å². The van der Waals surface area contributed by atoms with Crippen molar-refractivity contribution in [3.63, 3.8) is 0 Å². The van der Waals surface area contributed by atoms with Gasteiger partial charge in [0.05, 0.1) is 13.2 Å². The van der Waals surface area contributed by atoms with Crippen LogP contribution in [0.1, 0.15) is 32.6 Å². The molecule has 0 unspecified atom stereocenters. The van der Waals surface area contributed by atoms with Gasteiger partial charge in [0.2, 0.25) is 0 Å². The van der Waals surface area contributed by atoms with E-state index in [1.54, 1.807) is 4.90 Å². The van der Waals surface area contributed by atoms with E-state index >= 15 is 0 Å². The zero-order chi connectivity index (χ0) is 11.8. The zero-order valence-corrected chi connectivity index (χ0v) is 9.95. The molecule has 0 atom stereocenters. The molecule has 0 saturated carbocycles. The Morgan fingerprint density at radius 1 is 1.50 bits per heavy atom. The number of piperidine rings is 1. The second-order valence-corrected chi connectivity index (χ2v) is 4.00. The van der Waals surface area contributed by atoms with E-state index in [2.05, 4.69) is 6.92 Å². The summed E-state index contributed by atoms with van der Waals surface area (Å²) in [6, 6.07) is 0. The number of amides is 1. The molecule has 0 aromatic carbocycles. The molecule has 0 radical (unpaired) electrons. The van der Waals surface area contributed by atoms with E-state index in [0.29, 0.717) is 19.7 Å². The summed E-state index contributed by atoms with van der Waals surface area (Å²) in [5, 5.41) is 8.76. The highest BCUT2D eigenvalue weighted by molar-refractivity contribution is 5.67. The summed E-state index contributed by atoms with van der Waals surface area (Å²) in [5.74, 6) is 0. The van der Waals surface area contributed by atoms with E-state index in [4.69, 9.17) is 9.84 Å². The molecule has 92 valence electrons. The fraction of sp³-hybridized carbons (Fsp3) is 0.750. The number of ether oxygens (including phenoxy) is 1. The van der Waals surface area contributed by atoms with Crippen molar-refractivity contribution in [3.8, 4) is 0 Å². The highest BCUT2D eigenvalue weighted by Crippen LogP contribution is 2.16. The van der Waals surface area contributed by atoms with Crippen molar-refractivity contribution in [2.75, 3.05) is 26.3 Å². The van der Waals surface area contributed by atoms with Crippen LogP contribution in [-0.4, -0.2) is 42.4 Å². The van der Waals surface area contributed by atoms with Gasteiger partial charge in [-0.15, -0.1) is 0 Å². The quantitative estimate of drug-likeness (QED) is 0.590. The normalized spacial score (nSPS) is 16.1. The first-order valence-electron chi connectivity index (χ1n) is 5.98. The zero-order valence-electron chi connectivity index (χ0n) is 9.95. The van der Waals surface area contributed by atoms with Gasteiger partial charge in [0.15, 0.2) is 0 Å². The van der Waals surface area contributed by atoms with Crippen LogP contribution in [0.2, 0.25) is 0 Å². The predicted octanol–water partition coefficient (Wildman–Crippen LogP) is 1.94. The topological polar surface area (TPSA) is 49.8 Å². The molecule has 0 bridgehead atoms. The lowest BCUT2D eigenvalue weighted by molar-refractivity contribution is 0.0982. The maximum absolute atomic E-state index is 11.6. The summed E-state index contributed by atoms with van der Waals surface area (Å²) < 4.78 is 5.14. The molecule has 4 nitrogen and oxygen atoms in total. The van der Waals surface area contributed by atoms with Crippen LogP contribution in [-0.2, 0) is 4.74 Å². The molecule has 1 fully saturated rings. The van der Waals surface area contributed by atoms with E-state index in [1.165, 1.54) is 5.57 Å². The Hall–Kier alpha value is -1.03. The van der Waals surface area contributed by atoms with Crippen molar-refractivity contribution in [2.45, 2.75) is 32.6 Å². The average Bonchev–Trinajstić information content (AvgIpc) is 2.30. The highest BCUT2D eigenvalue weighted by Gasteiger charge is 2.19. The third-order valence-electron chi connectivity index (χ3n) is 2.77. The third-order valence-corrected chi connectivity index (χ3v) is 2.77. The number of unbranched alkanes of at least 4 members (excludes halogenated alkanes) is 1. The lowest BCUT2D eigenvalue weighted by Crippen LogP contribution is -2.36. The third kappa shape index (κ3) is 4.23. The SMILES string of the molecule is CCCCOC(=O)N1CCC(=CCO)CC1. The number of aliphatic hydroxyl groups excluding tert-OH is 1. The minimum atomic E-state index is -0.198. The average molecular weight is 227 g/mol. The van der Waals surface area contributed by atoms with Crippen LogP contribution in [0, 0.1) is 0 Å². The van der Waals surface area contributed by atoms with Crippen LogP contribution in [0.5, 0.6) is 0 Å². The van der Waals surface area contributed by atoms with Gasteiger partial charge in [0, 0.05) is 13.1 Å². The predicted molar refractivity (Wildman–Crippen MR) is 62.2 cm³/mol. The van der Waals surface area contributed by atoms with Gasteiger partial charge in [0.25, 0.3) is 0 Å². The van der Waals surface area contributed by atoms with Crippen molar-refractivity contribution in [1.82, 2.24) is 4.90 Å². The molecule has 1 amide bonds. The Morgan fingerprint density at radius 3 is 2.75 bits per heavy atom. The molecule has 1 N–H and O–H groups in total. The van der Waals surface area contributed by atoms with Gasteiger partial charge < -0.3 is 14.7 Å². The molecule has 16 heavy (non-hydrogen) atoms. The number of hydrogen-bond donors (Lipinski definition) is 1. The minimum Gasteiger partial charge on any atom is -0.449 e. The van der Waals surface area contributed by atoms with Crippen molar-refractivity contribution in [2.24, 2.45) is 0 Å². The molecular weight excluding hydrogens is 206 g/mol. The fourth-order valence-corrected chi connectivity index (χ4v) is 1.70. The molecule has 1 heterocycles. The van der Waals surface area contributed by atoms with E-state index in [-0.39, 0.29) is 12.7 Å². The van der Waals surface area contributed by atoms with Gasteiger partial charge in [-0.05, 0) is 19.3 Å². The second kappa shape index (κ2) is 7.28. The Balaban J connectivity index is 2.25. The lowest BCUT2D eigenvalue weighted by atomic mass is 10.0. The molecule has 0 aliphatic carbocycles. The molecule has 0 aromatic heterocycles. The molecule has 1 saturated heterocycles. The smallest absolute Gasteiger partial charge is 0.409 e. The Morgan fingerprint density at radius 2 is 2.19 bits per heavy atom. The van der Waals surface area contributed by atoms with Crippen LogP contribution >= 0.6 is 0 Å². The Bertz CT molecular complexity index is 241. The van der Waals surface area contributed by atoms with Crippen molar-refractivity contribution < 1.29 is 14.6 Å². The van der Waals surface area contributed by atoms with Gasteiger partial charge in [-0.2, -0.15) is 0 Å². The van der Waals surface area contributed by atoms with E-state index < -0.39 is 0 Å². The van der Waals surface area contributed by atoms with Crippen molar-refractivity contribution in [3.05, 3.63) is 11.6 Å². The van der Waals surface area contributed by atoms with E-state index in [0.717, 1.165) is 25.7 Å². The van der Waals surface area contributed by atoms with Crippen LogP contribution in [0.15, 0.2) is 11.6 Å². The molecule has 1 rings (SSSR count). The summed E-state index contributed by atoms with van der Waals surface area (Å²) in [7, 11) is 0. The number of hydrogen-bond acceptors (Lipinski definition) is 3. The first kappa shape index (κ1) is 13.0. The summed E-state index contributed by atoms with van der Waals surface area (Å²) in [6.07, 6.45) is 5.30. The summed E-state index contributed by atoms with van der Waals surface area (Å²) >= 11 is 0. The first-order valence-corrected chi connectivity index (χ1v) is 5.98. The van der Waals surface area contributed by atoms with Crippen LogP contribution in [0.4, 0.5) is 4.79 Å². The van der Waals surface area contributed by atoms with Gasteiger partial charge in [-0.1, -0.05) is 25.0 Å².